The fraction of sp³-hybridized carbons (Fsp3) is 0.556. The van der Waals surface area contributed by atoms with E-state index in [0.717, 1.165) is 4.57 Å². The molecule has 0 aliphatic rings. The molecule has 3 N–H and O–H groups in total. The predicted molar refractivity (Wildman–Crippen MR) is 59.4 cm³/mol. The van der Waals surface area contributed by atoms with Crippen LogP contribution in [0, 0.1) is 0 Å². The topological polar surface area (TPSA) is 80.9 Å². The van der Waals surface area contributed by atoms with Gasteiger partial charge >= 0.3 is 5.69 Å². The summed E-state index contributed by atoms with van der Waals surface area (Å²) in [5, 5.41) is 0. The lowest BCUT2D eigenvalue weighted by molar-refractivity contribution is 0.322. The van der Waals surface area contributed by atoms with Crippen LogP contribution in [-0.2, 0) is 13.1 Å². The van der Waals surface area contributed by atoms with E-state index in [0.29, 0.717) is 0 Å². The average Bonchev–Trinajstić information content (AvgIpc) is 2.23. The zero-order valence-corrected chi connectivity index (χ0v) is 9.34. The van der Waals surface area contributed by atoms with Crippen molar-refractivity contribution in [2.24, 2.45) is 5.73 Å². The van der Waals surface area contributed by atoms with E-state index in [2.05, 4.69) is 4.98 Å². The fourth-order valence-corrected chi connectivity index (χ4v) is 1.56. The highest BCUT2D eigenvalue weighted by Gasteiger charge is 2.12. The Labute approximate surface area is 96.0 Å². The molecule has 0 amide bonds. The highest BCUT2D eigenvalue weighted by atomic mass is 35.5. The molecule has 0 radical (unpaired) electrons. The van der Waals surface area contributed by atoms with Crippen molar-refractivity contribution in [2.75, 3.05) is 5.88 Å². The van der Waals surface area contributed by atoms with Crippen LogP contribution < -0.4 is 17.0 Å². The van der Waals surface area contributed by atoms with E-state index in [1.165, 1.54) is 6.20 Å². The molecule has 0 aliphatic heterocycles. The number of nitrogens with zero attached hydrogens (tertiary/aromatic N) is 1. The predicted octanol–water partition coefficient (Wildman–Crippen LogP) is -0.0377. The lowest BCUT2D eigenvalue weighted by atomic mass is 10.1. The second-order valence-electron chi connectivity index (χ2n) is 3.31. The third kappa shape index (κ3) is 2.93. The quantitative estimate of drug-likeness (QED) is 0.719. The van der Waals surface area contributed by atoms with Crippen LogP contribution in [-0.4, -0.2) is 21.6 Å². The van der Waals surface area contributed by atoms with Crippen molar-refractivity contribution in [2.45, 2.75) is 25.7 Å². The molecule has 7 heteroatoms. The first kappa shape index (κ1) is 12.9. The molecule has 1 atom stereocenters. The lowest BCUT2D eigenvalue weighted by Crippen LogP contribution is -2.39. The number of hydrogen-bond acceptors (Lipinski definition) is 3. The Hall–Kier alpha value is -1.14. The van der Waals surface area contributed by atoms with E-state index in [9.17, 15) is 14.0 Å². The van der Waals surface area contributed by atoms with Gasteiger partial charge in [0.1, 0.15) is 6.17 Å². The van der Waals surface area contributed by atoms with Gasteiger partial charge in [0.2, 0.25) is 0 Å². The van der Waals surface area contributed by atoms with Gasteiger partial charge in [-0.15, -0.1) is 11.6 Å². The van der Waals surface area contributed by atoms with Crippen LogP contribution in [0.5, 0.6) is 0 Å². The molecule has 1 aromatic heterocycles. The molecule has 0 spiro atoms. The highest BCUT2D eigenvalue weighted by molar-refractivity contribution is 6.17. The maximum absolute atomic E-state index is 13.2. The van der Waals surface area contributed by atoms with Gasteiger partial charge in [0.15, 0.2) is 0 Å². The van der Waals surface area contributed by atoms with Gasteiger partial charge in [-0.05, 0) is 6.42 Å². The maximum Gasteiger partial charge on any atom is 0.329 e. The van der Waals surface area contributed by atoms with Gasteiger partial charge in [-0.25, -0.2) is 13.8 Å². The van der Waals surface area contributed by atoms with Gasteiger partial charge in [0.05, 0.1) is 6.67 Å². The molecule has 1 rings (SSSR count). The second-order valence-corrected chi connectivity index (χ2v) is 3.69. The summed E-state index contributed by atoms with van der Waals surface area (Å²) >= 11 is 5.39. The van der Waals surface area contributed by atoms with E-state index in [4.69, 9.17) is 17.3 Å². The zero-order chi connectivity index (χ0) is 12.1. The normalized spacial score (nSPS) is 12.7. The smallest absolute Gasteiger partial charge is 0.314 e. The summed E-state index contributed by atoms with van der Waals surface area (Å²) in [6.45, 7) is -0.228. The summed E-state index contributed by atoms with van der Waals surface area (Å²) in [5.41, 5.74) is 4.29. The molecule has 0 aliphatic carbocycles. The third-order valence-electron chi connectivity index (χ3n) is 2.18. The van der Waals surface area contributed by atoms with Crippen LogP contribution in [0.3, 0.4) is 0 Å². The van der Waals surface area contributed by atoms with Gasteiger partial charge in [-0.2, -0.15) is 0 Å². The fourth-order valence-electron chi connectivity index (χ4n) is 1.33. The first-order valence-corrected chi connectivity index (χ1v) is 5.35. The summed E-state index contributed by atoms with van der Waals surface area (Å²) in [5.74, 6) is 0.190. The van der Waals surface area contributed by atoms with E-state index in [1.807, 2.05) is 0 Å². The average molecular weight is 250 g/mol. The summed E-state index contributed by atoms with van der Waals surface area (Å²) in [7, 11) is 0. The molecule has 5 nitrogen and oxygen atoms in total. The van der Waals surface area contributed by atoms with E-state index >= 15 is 0 Å². The minimum absolute atomic E-state index is 0.0671. The van der Waals surface area contributed by atoms with Gasteiger partial charge in [0, 0.05) is 24.1 Å². The molecule has 0 saturated carbocycles. The third-order valence-corrected chi connectivity index (χ3v) is 2.40. The van der Waals surface area contributed by atoms with Crippen molar-refractivity contribution in [3.63, 3.8) is 0 Å². The van der Waals surface area contributed by atoms with Crippen molar-refractivity contribution in [3.05, 3.63) is 32.6 Å². The molecule has 16 heavy (non-hydrogen) atoms. The summed E-state index contributed by atoms with van der Waals surface area (Å²) < 4.78 is 14.1. The van der Waals surface area contributed by atoms with Crippen molar-refractivity contribution in [1.82, 2.24) is 9.55 Å². The SMILES string of the molecule is NCn1c(=O)[nH]cc(CC(F)CCCl)c1=O. The number of aromatic amines is 1. The second kappa shape index (κ2) is 5.81. The molecule has 0 saturated heterocycles. The Bertz CT molecular complexity index is 457. The zero-order valence-electron chi connectivity index (χ0n) is 8.58. The molecule has 0 aromatic carbocycles. The van der Waals surface area contributed by atoms with Crippen LogP contribution >= 0.6 is 11.6 Å². The van der Waals surface area contributed by atoms with Crippen LogP contribution in [0.4, 0.5) is 4.39 Å². The number of hydrogen-bond donors (Lipinski definition) is 2. The van der Waals surface area contributed by atoms with E-state index in [1.54, 1.807) is 0 Å². The minimum atomic E-state index is -1.19. The molecule has 1 heterocycles. The van der Waals surface area contributed by atoms with Crippen LogP contribution in [0.25, 0.3) is 0 Å². The number of nitrogens with one attached hydrogen (secondary N) is 1. The van der Waals surface area contributed by atoms with E-state index < -0.39 is 17.4 Å². The molecule has 1 unspecified atom stereocenters. The van der Waals surface area contributed by atoms with Gasteiger partial charge < -0.3 is 10.7 Å². The van der Waals surface area contributed by atoms with Crippen LogP contribution in [0.1, 0.15) is 12.0 Å². The van der Waals surface area contributed by atoms with E-state index in [-0.39, 0.29) is 31.0 Å². The first-order chi connectivity index (χ1) is 7.60. The minimum Gasteiger partial charge on any atom is -0.314 e. The lowest BCUT2D eigenvalue weighted by Gasteiger charge is -2.07. The van der Waals surface area contributed by atoms with Crippen LogP contribution in [0.15, 0.2) is 15.8 Å². The first-order valence-electron chi connectivity index (χ1n) is 4.81. The molecular weight excluding hydrogens is 237 g/mol. The van der Waals surface area contributed by atoms with Gasteiger partial charge in [0.25, 0.3) is 5.56 Å². The summed E-state index contributed by atoms with van der Waals surface area (Å²) in [4.78, 5) is 25.1. The summed E-state index contributed by atoms with van der Waals surface area (Å²) in [6, 6.07) is 0. The van der Waals surface area contributed by atoms with Crippen molar-refractivity contribution < 1.29 is 4.39 Å². The molecule has 1 aromatic rings. The number of H-pyrrole nitrogens is 1. The Balaban J connectivity index is 2.98. The molecular formula is C9H13ClFN3O2. The van der Waals surface area contributed by atoms with Crippen molar-refractivity contribution >= 4 is 11.6 Å². The number of aromatic nitrogens is 2. The molecule has 0 bridgehead atoms. The summed E-state index contributed by atoms with van der Waals surface area (Å²) in [6.07, 6.45) is 0.130. The standard InChI is InChI=1S/C9H13ClFN3O2/c10-2-1-7(11)3-6-4-13-9(16)14(5-12)8(6)15/h4,7H,1-3,5,12H2,(H,13,16). The number of alkyl halides is 2. The van der Waals surface area contributed by atoms with Crippen molar-refractivity contribution in [3.8, 4) is 0 Å². The maximum atomic E-state index is 13.2. The molecule has 0 fully saturated rings. The molecule has 90 valence electrons. The Morgan fingerprint density at radius 1 is 1.56 bits per heavy atom. The number of halogens is 2. The highest BCUT2D eigenvalue weighted by Crippen LogP contribution is 2.05. The Morgan fingerprint density at radius 3 is 2.81 bits per heavy atom. The Morgan fingerprint density at radius 2 is 2.25 bits per heavy atom. The monoisotopic (exact) mass is 249 g/mol. The largest absolute Gasteiger partial charge is 0.329 e. The Kier molecular flexibility index (Phi) is 4.70. The number of rotatable bonds is 5. The van der Waals surface area contributed by atoms with Gasteiger partial charge in [-0.3, -0.25) is 4.79 Å². The van der Waals surface area contributed by atoms with Crippen molar-refractivity contribution in [1.29, 1.82) is 0 Å². The van der Waals surface area contributed by atoms with Crippen LogP contribution in [0.2, 0.25) is 0 Å². The van der Waals surface area contributed by atoms with Gasteiger partial charge in [-0.1, -0.05) is 0 Å². The number of nitrogens with two attached hydrogens (primary N) is 1.